The minimum atomic E-state index is -0.346. The summed E-state index contributed by atoms with van der Waals surface area (Å²) in [6.45, 7) is 2.74. The second-order valence-corrected chi connectivity index (χ2v) is 6.44. The standard InChI is InChI=1S/C21H19N3O4/c1-14-4-2-3-5-16(14)22-20(25)13-24-21(26)9-7-17(23-24)15-6-8-18-19(12-15)28-11-10-27-18/h2-9,12H,10-11,13H2,1H3,(H,22,25). The Kier molecular flexibility index (Phi) is 4.80. The van der Waals surface area contributed by atoms with Gasteiger partial charge in [-0.1, -0.05) is 18.2 Å². The molecule has 4 rings (SSSR count). The number of benzene rings is 2. The van der Waals surface area contributed by atoms with Gasteiger partial charge in [0.15, 0.2) is 11.5 Å². The van der Waals surface area contributed by atoms with Crippen LogP contribution in [0.25, 0.3) is 11.3 Å². The van der Waals surface area contributed by atoms with Crippen molar-refractivity contribution in [1.82, 2.24) is 9.78 Å². The van der Waals surface area contributed by atoms with Crippen LogP contribution in [0.1, 0.15) is 5.56 Å². The fraction of sp³-hybridized carbons (Fsp3) is 0.190. The maximum Gasteiger partial charge on any atom is 0.267 e. The van der Waals surface area contributed by atoms with E-state index in [0.29, 0.717) is 36.1 Å². The molecule has 2 heterocycles. The van der Waals surface area contributed by atoms with Crippen molar-refractivity contribution in [1.29, 1.82) is 0 Å². The number of fused-ring (bicyclic) bond motifs is 1. The Labute approximate surface area is 161 Å². The maximum absolute atomic E-state index is 12.4. The van der Waals surface area contributed by atoms with Crippen LogP contribution in [-0.4, -0.2) is 28.9 Å². The monoisotopic (exact) mass is 377 g/mol. The zero-order chi connectivity index (χ0) is 19.5. The summed E-state index contributed by atoms with van der Waals surface area (Å²) in [4.78, 5) is 24.5. The van der Waals surface area contributed by atoms with E-state index in [2.05, 4.69) is 10.4 Å². The molecule has 0 saturated heterocycles. The Morgan fingerprint density at radius 2 is 1.86 bits per heavy atom. The Morgan fingerprint density at radius 3 is 2.68 bits per heavy atom. The molecule has 2 aromatic carbocycles. The van der Waals surface area contributed by atoms with Crippen LogP contribution in [0.3, 0.4) is 0 Å². The number of carbonyl (C=O) groups is 1. The minimum absolute atomic E-state index is 0.175. The van der Waals surface area contributed by atoms with E-state index in [4.69, 9.17) is 9.47 Å². The molecule has 1 aliphatic heterocycles. The number of para-hydroxylation sites is 1. The smallest absolute Gasteiger partial charge is 0.267 e. The van der Waals surface area contributed by atoms with Gasteiger partial charge in [0.05, 0.1) is 5.69 Å². The van der Waals surface area contributed by atoms with E-state index in [1.54, 1.807) is 6.07 Å². The summed E-state index contributed by atoms with van der Waals surface area (Å²) in [5, 5.41) is 7.15. The Hall–Kier alpha value is -3.61. The molecule has 0 saturated carbocycles. The zero-order valence-electron chi connectivity index (χ0n) is 15.3. The van der Waals surface area contributed by atoms with E-state index >= 15 is 0 Å². The van der Waals surface area contributed by atoms with Gasteiger partial charge < -0.3 is 14.8 Å². The fourth-order valence-corrected chi connectivity index (χ4v) is 2.96. The molecule has 28 heavy (non-hydrogen) atoms. The third-order valence-corrected chi connectivity index (χ3v) is 4.42. The first-order valence-corrected chi connectivity index (χ1v) is 8.94. The lowest BCUT2D eigenvalue weighted by Gasteiger charge is -2.18. The average molecular weight is 377 g/mol. The molecule has 0 radical (unpaired) electrons. The van der Waals surface area contributed by atoms with Crippen molar-refractivity contribution in [2.45, 2.75) is 13.5 Å². The van der Waals surface area contributed by atoms with Gasteiger partial charge in [-0.05, 0) is 42.8 Å². The molecule has 0 fully saturated rings. The van der Waals surface area contributed by atoms with Crippen LogP contribution in [-0.2, 0) is 11.3 Å². The molecule has 1 aliphatic rings. The summed E-state index contributed by atoms with van der Waals surface area (Å²) in [5.74, 6) is 1.00. The zero-order valence-corrected chi connectivity index (χ0v) is 15.3. The molecule has 1 N–H and O–H groups in total. The van der Waals surface area contributed by atoms with Crippen molar-refractivity contribution in [2.24, 2.45) is 0 Å². The van der Waals surface area contributed by atoms with Gasteiger partial charge in [-0.25, -0.2) is 4.68 Å². The number of nitrogens with one attached hydrogen (secondary N) is 1. The van der Waals surface area contributed by atoms with Crippen LogP contribution in [0.5, 0.6) is 11.5 Å². The van der Waals surface area contributed by atoms with E-state index in [-0.39, 0.29) is 18.0 Å². The Bertz CT molecular complexity index is 1090. The molecule has 3 aromatic rings. The van der Waals surface area contributed by atoms with E-state index in [0.717, 1.165) is 15.8 Å². The lowest BCUT2D eigenvalue weighted by molar-refractivity contribution is -0.117. The highest BCUT2D eigenvalue weighted by atomic mass is 16.6. The number of hydrogen-bond acceptors (Lipinski definition) is 5. The average Bonchev–Trinajstić information content (AvgIpc) is 2.71. The molecule has 7 heteroatoms. The predicted molar refractivity (Wildman–Crippen MR) is 105 cm³/mol. The number of carbonyl (C=O) groups excluding carboxylic acids is 1. The first-order valence-electron chi connectivity index (χ1n) is 8.94. The summed E-state index contributed by atoms with van der Waals surface area (Å²) < 4.78 is 12.3. The SMILES string of the molecule is Cc1ccccc1NC(=O)Cn1nc(-c2ccc3c(c2)OCCO3)ccc1=O. The maximum atomic E-state index is 12.4. The number of hydrogen-bond donors (Lipinski definition) is 1. The molecule has 1 aromatic heterocycles. The predicted octanol–water partition coefficient (Wildman–Crippen LogP) is 2.63. The quantitative estimate of drug-likeness (QED) is 0.756. The molecule has 0 bridgehead atoms. The van der Waals surface area contributed by atoms with E-state index < -0.39 is 0 Å². The molecule has 0 unspecified atom stereocenters. The van der Waals surface area contributed by atoms with Crippen molar-refractivity contribution < 1.29 is 14.3 Å². The molecule has 0 spiro atoms. The van der Waals surface area contributed by atoms with E-state index in [1.165, 1.54) is 6.07 Å². The third-order valence-electron chi connectivity index (χ3n) is 4.42. The van der Waals surface area contributed by atoms with Gasteiger partial charge in [0.1, 0.15) is 19.8 Å². The number of rotatable bonds is 4. The van der Waals surface area contributed by atoms with Gasteiger partial charge in [0.25, 0.3) is 5.56 Å². The molecule has 0 aliphatic carbocycles. The van der Waals surface area contributed by atoms with Crippen molar-refractivity contribution in [3.8, 4) is 22.8 Å². The first kappa shape index (κ1) is 17.8. The van der Waals surface area contributed by atoms with Crippen molar-refractivity contribution in [2.75, 3.05) is 18.5 Å². The topological polar surface area (TPSA) is 82.5 Å². The fourth-order valence-electron chi connectivity index (χ4n) is 2.96. The minimum Gasteiger partial charge on any atom is -0.486 e. The van der Waals surface area contributed by atoms with Crippen LogP contribution in [0, 0.1) is 6.92 Å². The summed E-state index contributed by atoms with van der Waals surface area (Å²) in [7, 11) is 0. The van der Waals surface area contributed by atoms with Crippen LogP contribution in [0.4, 0.5) is 5.69 Å². The second-order valence-electron chi connectivity index (χ2n) is 6.44. The van der Waals surface area contributed by atoms with Gasteiger partial charge in [-0.2, -0.15) is 5.10 Å². The lowest BCUT2D eigenvalue weighted by atomic mass is 10.1. The molecule has 1 amide bonds. The van der Waals surface area contributed by atoms with Crippen molar-refractivity contribution in [3.05, 3.63) is 70.5 Å². The highest BCUT2D eigenvalue weighted by Gasteiger charge is 2.14. The largest absolute Gasteiger partial charge is 0.486 e. The van der Waals surface area contributed by atoms with Gasteiger partial charge >= 0.3 is 0 Å². The summed E-state index contributed by atoms with van der Waals surface area (Å²) in [6, 6.07) is 16.0. The van der Waals surface area contributed by atoms with Gasteiger partial charge in [-0.15, -0.1) is 0 Å². The summed E-state index contributed by atoms with van der Waals surface area (Å²) in [6.07, 6.45) is 0. The summed E-state index contributed by atoms with van der Waals surface area (Å²) in [5.41, 5.74) is 2.66. The van der Waals surface area contributed by atoms with Gasteiger partial charge in [0.2, 0.25) is 5.91 Å². The number of nitrogens with zero attached hydrogens (tertiary/aromatic N) is 2. The molecule has 7 nitrogen and oxygen atoms in total. The number of ether oxygens (including phenoxy) is 2. The van der Waals surface area contributed by atoms with Crippen molar-refractivity contribution >= 4 is 11.6 Å². The lowest BCUT2D eigenvalue weighted by Crippen LogP contribution is -2.29. The van der Waals surface area contributed by atoms with Crippen LogP contribution >= 0.6 is 0 Å². The summed E-state index contributed by atoms with van der Waals surface area (Å²) >= 11 is 0. The van der Waals surface area contributed by atoms with Gasteiger partial charge in [-0.3, -0.25) is 9.59 Å². The highest BCUT2D eigenvalue weighted by Crippen LogP contribution is 2.33. The molecule has 142 valence electrons. The molecule has 0 atom stereocenters. The molecular weight excluding hydrogens is 358 g/mol. The van der Waals surface area contributed by atoms with Crippen LogP contribution in [0.2, 0.25) is 0 Å². The van der Waals surface area contributed by atoms with E-state index in [1.807, 2.05) is 49.4 Å². The normalized spacial score (nSPS) is 12.5. The molecular formula is C21H19N3O4. The van der Waals surface area contributed by atoms with Gasteiger partial charge in [0, 0.05) is 17.3 Å². The first-order chi connectivity index (χ1) is 13.6. The van der Waals surface area contributed by atoms with Crippen molar-refractivity contribution in [3.63, 3.8) is 0 Å². The number of anilines is 1. The number of aromatic nitrogens is 2. The number of amides is 1. The highest BCUT2D eigenvalue weighted by molar-refractivity contribution is 5.91. The van der Waals surface area contributed by atoms with Crippen LogP contribution in [0.15, 0.2) is 59.4 Å². The van der Waals surface area contributed by atoms with Crippen LogP contribution < -0.4 is 20.3 Å². The third kappa shape index (κ3) is 3.73. The number of aryl methyl sites for hydroxylation is 1. The van der Waals surface area contributed by atoms with E-state index in [9.17, 15) is 9.59 Å². The Morgan fingerprint density at radius 1 is 1.07 bits per heavy atom. The second kappa shape index (κ2) is 7.56. The Balaban J connectivity index is 1.56.